The van der Waals surface area contributed by atoms with E-state index in [9.17, 15) is 27.6 Å². The lowest BCUT2D eigenvalue weighted by molar-refractivity contribution is -0.137. The average Bonchev–Trinajstić information content (AvgIpc) is 3.12. The Bertz CT molecular complexity index is 1130. The Morgan fingerprint density at radius 3 is 2.69 bits per heavy atom. The van der Waals surface area contributed by atoms with Crippen molar-refractivity contribution in [2.45, 2.75) is 38.4 Å². The van der Waals surface area contributed by atoms with Crippen LogP contribution in [0, 0.1) is 0 Å². The Morgan fingerprint density at radius 1 is 1.14 bits per heavy atom. The van der Waals surface area contributed by atoms with Gasteiger partial charge in [-0.05, 0) is 42.5 Å². The van der Waals surface area contributed by atoms with Crippen LogP contribution in [0.4, 0.5) is 18.9 Å². The van der Waals surface area contributed by atoms with Gasteiger partial charge in [0.1, 0.15) is 4.70 Å². The van der Waals surface area contributed by atoms with E-state index < -0.39 is 17.4 Å². The molecule has 0 spiro atoms. The summed E-state index contributed by atoms with van der Waals surface area (Å²) in [5.41, 5.74) is -1.02. The second-order valence-electron chi connectivity index (χ2n) is 6.49. The minimum atomic E-state index is -4.47. The molecule has 2 N–H and O–H groups in total. The van der Waals surface area contributed by atoms with Gasteiger partial charge in [0.05, 0.1) is 11.1 Å². The molecular weight excluding hydrogens is 407 g/mol. The van der Waals surface area contributed by atoms with Crippen LogP contribution in [-0.4, -0.2) is 15.5 Å². The number of carbonyl (C=O) groups is 1. The zero-order valence-electron chi connectivity index (χ0n) is 15.2. The number of H-pyrrole nitrogens is 1. The molecule has 1 aromatic carbocycles. The van der Waals surface area contributed by atoms with Gasteiger partial charge in [-0.15, -0.1) is 11.3 Å². The number of carbonyl (C=O) groups excluding carboxylic acids is 1. The summed E-state index contributed by atoms with van der Waals surface area (Å²) in [6.45, 7) is 0.233. The zero-order valence-corrected chi connectivity index (χ0v) is 16.0. The monoisotopic (exact) mass is 425 g/mol. The van der Waals surface area contributed by atoms with E-state index in [0.29, 0.717) is 29.5 Å². The highest BCUT2D eigenvalue weighted by molar-refractivity contribution is 7.17. The van der Waals surface area contributed by atoms with Crippen LogP contribution >= 0.6 is 11.3 Å². The van der Waals surface area contributed by atoms with Gasteiger partial charge in [0.2, 0.25) is 5.91 Å². The molecule has 2 aromatic heterocycles. The summed E-state index contributed by atoms with van der Waals surface area (Å²) in [5.74, 6) is -0.389. The van der Waals surface area contributed by atoms with Crippen LogP contribution in [0.3, 0.4) is 0 Å². The summed E-state index contributed by atoms with van der Waals surface area (Å²) >= 11 is 1.26. The maximum atomic E-state index is 12.7. The number of anilines is 1. The normalized spacial score (nSPS) is 11.7. The highest BCUT2D eigenvalue weighted by Gasteiger charge is 2.30. The molecule has 29 heavy (non-hydrogen) atoms. The van der Waals surface area contributed by atoms with Gasteiger partial charge in [-0.25, -0.2) is 4.79 Å². The van der Waals surface area contributed by atoms with Gasteiger partial charge < -0.3 is 10.3 Å². The molecule has 0 aliphatic carbocycles. The molecule has 0 saturated carbocycles. The Kier molecular flexibility index (Phi) is 6.21. The lowest BCUT2D eigenvalue weighted by atomic mass is 10.1. The van der Waals surface area contributed by atoms with Gasteiger partial charge >= 0.3 is 11.9 Å². The van der Waals surface area contributed by atoms with Gasteiger partial charge in [0.15, 0.2) is 0 Å². The van der Waals surface area contributed by atoms with E-state index in [0.717, 1.165) is 16.7 Å². The van der Waals surface area contributed by atoms with Crippen LogP contribution in [0.25, 0.3) is 10.2 Å². The predicted octanol–water partition coefficient (Wildman–Crippen LogP) is 3.97. The number of unbranched alkanes of at least 4 members (excludes halogenated alkanes) is 2. The SMILES string of the molecule is O=C(CCCCCn1c(=O)[nH]c2ccsc2c1=O)Nc1cccc(C(F)(F)F)c1. The van der Waals surface area contributed by atoms with Gasteiger partial charge in [-0.3, -0.25) is 14.2 Å². The fourth-order valence-corrected chi connectivity index (χ4v) is 3.70. The number of rotatable bonds is 7. The van der Waals surface area contributed by atoms with Crippen molar-refractivity contribution in [1.29, 1.82) is 0 Å². The topological polar surface area (TPSA) is 84.0 Å². The summed E-state index contributed by atoms with van der Waals surface area (Å²) in [4.78, 5) is 38.9. The van der Waals surface area contributed by atoms with Crippen molar-refractivity contribution in [3.63, 3.8) is 0 Å². The quantitative estimate of drug-likeness (QED) is 0.562. The van der Waals surface area contributed by atoms with E-state index in [1.54, 1.807) is 11.4 Å². The number of hydrogen-bond acceptors (Lipinski definition) is 4. The van der Waals surface area contributed by atoms with Gasteiger partial charge in [0, 0.05) is 18.7 Å². The van der Waals surface area contributed by atoms with Crippen LogP contribution in [0.5, 0.6) is 0 Å². The van der Waals surface area contributed by atoms with Crippen molar-refractivity contribution in [3.8, 4) is 0 Å². The first kappa shape index (κ1) is 20.8. The zero-order chi connectivity index (χ0) is 21.0. The van der Waals surface area contributed by atoms with Crippen molar-refractivity contribution < 1.29 is 18.0 Å². The highest BCUT2D eigenvalue weighted by Crippen LogP contribution is 2.30. The first-order chi connectivity index (χ1) is 13.8. The van der Waals surface area contributed by atoms with Gasteiger partial charge in [-0.1, -0.05) is 12.5 Å². The molecule has 0 bridgehead atoms. The molecule has 154 valence electrons. The van der Waals surface area contributed by atoms with Crippen molar-refractivity contribution in [2.75, 3.05) is 5.32 Å². The predicted molar refractivity (Wildman–Crippen MR) is 105 cm³/mol. The summed E-state index contributed by atoms with van der Waals surface area (Å²) in [6, 6.07) is 6.13. The van der Waals surface area contributed by atoms with Gasteiger partial charge in [0.25, 0.3) is 5.56 Å². The first-order valence-corrected chi connectivity index (χ1v) is 9.81. The van der Waals surface area contributed by atoms with Crippen LogP contribution < -0.4 is 16.6 Å². The number of benzene rings is 1. The molecule has 0 aliphatic heterocycles. The number of nitrogens with one attached hydrogen (secondary N) is 2. The van der Waals surface area contributed by atoms with Crippen LogP contribution in [0.1, 0.15) is 31.2 Å². The van der Waals surface area contributed by atoms with Crippen molar-refractivity contribution in [1.82, 2.24) is 9.55 Å². The minimum Gasteiger partial charge on any atom is -0.326 e. The van der Waals surface area contributed by atoms with E-state index in [-0.39, 0.29) is 30.1 Å². The Hall–Kier alpha value is -2.88. The molecular formula is C19H18F3N3O3S. The summed E-state index contributed by atoms with van der Waals surface area (Å²) in [5, 5.41) is 4.18. The second-order valence-corrected chi connectivity index (χ2v) is 7.40. The molecule has 0 aliphatic rings. The molecule has 0 unspecified atom stereocenters. The van der Waals surface area contributed by atoms with Crippen LogP contribution in [0.2, 0.25) is 0 Å². The Morgan fingerprint density at radius 2 is 1.93 bits per heavy atom. The molecule has 0 saturated heterocycles. The van der Waals surface area contributed by atoms with Crippen LogP contribution in [-0.2, 0) is 17.5 Å². The molecule has 0 fully saturated rings. The largest absolute Gasteiger partial charge is 0.416 e. The minimum absolute atomic E-state index is 0.0900. The van der Waals surface area contributed by atoms with E-state index in [4.69, 9.17) is 0 Å². The first-order valence-electron chi connectivity index (χ1n) is 8.93. The van der Waals surface area contributed by atoms with Gasteiger partial charge in [-0.2, -0.15) is 13.2 Å². The third-order valence-electron chi connectivity index (χ3n) is 4.35. The summed E-state index contributed by atoms with van der Waals surface area (Å²) in [6.07, 6.45) is -2.74. The number of thiophene rings is 1. The molecule has 0 radical (unpaired) electrons. The van der Waals surface area contributed by atoms with Crippen molar-refractivity contribution in [3.05, 3.63) is 62.1 Å². The number of halogens is 3. The number of fused-ring (bicyclic) bond motifs is 1. The van der Waals surface area contributed by atoms with Crippen LogP contribution in [0.15, 0.2) is 45.3 Å². The molecule has 3 rings (SSSR count). The molecule has 6 nitrogen and oxygen atoms in total. The van der Waals surface area contributed by atoms with Crippen molar-refractivity contribution in [2.24, 2.45) is 0 Å². The third-order valence-corrected chi connectivity index (χ3v) is 5.25. The van der Waals surface area contributed by atoms with Crippen molar-refractivity contribution >= 4 is 33.1 Å². The summed E-state index contributed by atoms with van der Waals surface area (Å²) < 4.78 is 39.7. The standard InChI is InChI=1S/C19H18F3N3O3S/c20-19(21,22)12-5-4-6-13(11-12)23-15(26)7-2-1-3-9-25-17(27)16-14(8-10-29-16)24-18(25)28/h4-6,8,10-11H,1-3,7,9H2,(H,23,26)(H,24,28). The fraction of sp³-hybridized carbons (Fsp3) is 0.316. The van der Waals surface area contributed by atoms with E-state index >= 15 is 0 Å². The second kappa shape index (κ2) is 8.64. The molecule has 0 atom stereocenters. The summed E-state index contributed by atoms with van der Waals surface area (Å²) in [7, 11) is 0. The number of nitrogens with zero attached hydrogens (tertiary/aromatic N) is 1. The molecule has 10 heteroatoms. The highest BCUT2D eigenvalue weighted by atomic mass is 32.1. The lowest BCUT2D eigenvalue weighted by Gasteiger charge is -2.10. The number of hydrogen-bond donors (Lipinski definition) is 2. The van der Waals surface area contributed by atoms with E-state index in [1.807, 2.05) is 0 Å². The number of alkyl halides is 3. The molecule has 3 aromatic rings. The maximum absolute atomic E-state index is 12.7. The fourth-order valence-electron chi connectivity index (χ4n) is 2.90. The Balaban J connectivity index is 1.47. The number of aromatic nitrogens is 2. The smallest absolute Gasteiger partial charge is 0.326 e. The molecule has 1 amide bonds. The lowest BCUT2D eigenvalue weighted by Crippen LogP contribution is -2.34. The number of aromatic amines is 1. The number of amides is 1. The van der Waals surface area contributed by atoms with E-state index in [1.165, 1.54) is 23.5 Å². The molecule has 2 heterocycles. The van der Waals surface area contributed by atoms with E-state index in [2.05, 4.69) is 10.3 Å². The average molecular weight is 425 g/mol. The Labute approximate surface area is 167 Å². The maximum Gasteiger partial charge on any atom is 0.416 e. The third kappa shape index (κ3) is 5.14.